The maximum atomic E-state index is 14.2. The Morgan fingerprint density at radius 2 is 1.89 bits per heavy atom. The van der Waals surface area contributed by atoms with E-state index in [9.17, 15) is 32.0 Å². The second kappa shape index (κ2) is 12.9. The van der Waals surface area contributed by atoms with E-state index < -0.39 is 68.6 Å². The number of nitrogens with one attached hydrogen (secondary N) is 2. The largest absolute Gasteiger partial charge is 1.00 e. The Labute approximate surface area is 267 Å². The van der Waals surface area contributed by atoms with Crippen molar-refractivity contribution >= 4 is 33.8 Å². The van der Waals surface area contributed by atoms with E-state index in [2.05, 4.69) is 15.8 Å². The molecule has 0 radical (unpaired) electrons. The van der Waals surface area contributed by atoms with E-state index in [0.717, 1.165) is 25.7 Å². The summed E-state index contributed by atoms with van der Waals surface area (Å²) in [4.78, 5) is 56.7. The zero-order valence-corrected chi connectivity index (χ0v) is 26.5. The molecule has 1 unspecified atom stereocenters. The van der Waals surface area contributed by atoms with Crippen LogP contribution < -0.4 is 28.2 Å². The van der Waals surface area contributed by atoms with Crippen molar-refractivity contribution in [3.8, 4) is 0 Å². The molecular formula is C30H39ClFN5O7S. The molecule has 0 spiro atoms. The van der Waals surface area contributed by atoms with Crippen molar-refractivity contribution in [1.82, 2.24) is 19.8 Å². The second-order valence-corrected chi connectivity index (χ2v) is 14.7. The van der Waals surface area contributed by atoms with Crippen LogP contribution in [0.1, 0.15) is 68.9 Å². The van der Waals surface area contributed by atoms with Gasteiger partial charge in [0.15, 0.2) is 6.04 Å². The molecule has 2 aliphatic carbocycles. The standard InChI is InChI=1S/C30H38FN5O7S.ClH/c31-23-9-6-7-18-15-35(17-22(18)23)29(40)43-20-13-25-26(37)33-30(28(39)34-44(41,42)21-11-12-21)14-19(30)8-4-2-1-3-5-10-24(32)27(38)36(25)16-20;/h4,6-9,19-21,24-25H,1-3,5,10-17,32H2,(H,33,37)(H,34,39);1H/b8-4-;/t19-,20+,24-,25?,30+;/m0./s1. The SMILES string of the molecule is [Cl-].[NH3+][C@H]1CCCCC/C=C\[C@H]2C[C@@]2(C(=O)NS(=O)(=O)C2CC2)NC(=O)C2C[C@@H](OC(=O)N3Cc4cccc(F)c4C3)CN2C1=O. The number of allylic oxidation sites excluding steroid dienone is 1. The fourth-order valence-electron chi connectivity index (χ4n) is 6.52. The summed E-state index contributed by atoms with van der Waals surface area (Å²) in [5, 5.41) is 2.19. The number of carbonyl (C=O) groups is 4. The Morgan fingerprint density at radius 1 is 1.11 bits per heavy atom. The van der Waals surface area contributed by atoms with E-state index in [1.54, 1.807) is 12.1 Å². The van der Waals surface area contributed by atoms with Crippen molar-refractivity contribution in [2.45, 2.75) is 99.9 Å². The highest BCUT2D eigenvalue weighted by atomic mass is 35.5. The highest BCUT2D eigenvalue weighted by molar-refractivity contribution is 7.91. The van der Waals surface area contributed by atoms with Gasteiger partial charge in [-0.25, -0.2) is 17.6 Å². The molecule has 0 bridgehead atoms. The predicted octanol–water partition coefficient (Wildman–Crippen LogP) is -2.13. The lowest BCUT2D eigenvalue weighted by molar-refractivity contribution is -0.407. The Hall–Kier alpha value is -3.23. The van der Waals surface area contributed by atoms with Gasteiger partial charge in [0.05, 0.1) is 18.3 Å². The average molecular weight is 668 g/mol. The van der Waals surface area contributed by atoms with Gasteiger partial charge in [0, 0.05) is 30.9 Å². The molecule has 0 aromatic heterocycles. The van der Waals surface area contributed by atoms with Gasteiger partial charge >= 0.3 is 6.09 Å². The lowest BCUT2D eigenvalue weighted by Gasteiger charge is -2.27. The van der Waals surface area contributed by atoms with Crippen LogP contribution in [0.2, 0.25) is 0 Å². The molecule has 1 saturated heterocycles. The van der Waals surface area contributed by atoms with E-state index in [0.29, 0.717) is 30.4 Å². The molecule has 2 saturated carbocycles. The van der Waals surface area contributed by atoms with E-state index in [1.807, 2.05) is 12.2 Å². The van der Waals surface area contributed by atoms with Gasteiger partial charge in [-0.2, -0.15) is 0 Å². The molecule has 1 aromatic carbocycles. The summed E-state index contributed by atoms with van der Waals surface area (Å²) in [5.74, 6) is -2.56. The van der Waals surface area contributed by atoms with Crippen LogP contribution in [0.25, 0.3) is 0 Å². The number of benzene rings is 1. The number of quaternary nitrogens is 1. The summed E-state index contributed by atoms with van der Waals surface area (Å²) >= 11 is 0. The first-order valence-corrected chi connectivity index (χ1v) is 16.9. The van der Waals surface area contributed by atoms with E-state index in [1.165, 1.54) is 15.9 Å². The first kappa shape index (κ1) is 33.1. The summed E-state index contributed by atoms with van der Waals surface area (Å²) in [5.41, 5.74) is 3.70. The molecular weight excluding hydrogens is 629 g/mol. The second-order valence-electron chi connectivity index (χ2n) is 12.7. The minimum absolute atomic E-state index is 0. The topological polar surface area (TPSA) is 170 Å². The predicted molar refractivity (Wildman–Crippen MR) is 154 cm³/mol. The van der Waals surface area contributed by atoms with Crippen molar-refractivity contribution in [2.24, 2.45) is 5.92 Å². The van der Waals surface area contributed by atoms with Crippen molar-refractivity contribution < 1.29 is 54.9 Å². The van der Waals surface area contributed by atoms with Crippen molar-refractivity contribution in [2.75, 3.05) is 6.54 Å². The lowest BCUT2D eigenvalue weighted by atomic mass is 10.1. The number of sulfonamides is 1. The summed E-state index contributed by atoms with van der Waals surface area (Å²) in [6, 6.07) is 2.99. The van der Waals surface area contributed by atoms with Crippen LogP contribution in [-0.2, 0) is 42.2 Å². The summed E-state index contributed by atoms with van der Waals surface area (Å²) in [6.07, 6.45) is 7.30. The van der Waals surface area contributed by atoms with Gasteiger partial charge < -0.3 is 33.1 Å². The van der Waals surface area contributed by atoms with Crippen LogP contribution in [0, 0.1) is 11.7 Å². The highest BCUT2D eigenvalue weighted by Crippen LogP contribution is 2.46. The van der Waals surface area contributed by atoms with Crippen LogP contribution >= 0.6 is 0 Å². The molecule has 45 heavy (non-hydrogen) atoms. The highest BCUT2D eigenvalue weighted by Gasteiger charge is 2.62. The minimum atomic E-state index is -3.85. The van der Waals surface area contributed by atoms with Gasteiger partial charge in [0.25, 0.3) is 11.8 Å². The van der Waals surface area contributed by atoms with Gasteiger partial charge in [-0.05, 0) is 50.2 Å². The molecule has 3 aliphatic heterocycles. The molecule has 6 rings (SSSR count). The third-order valence-electron chi connectivity index (χ3n) is 9.41. The van der Waals surface area contributed by atoms with Crippen molar-refractivity contribution in [1.29, 1.82) is 0 Å². The molecule has 5 aliphatic rings. The maximum Gasteiger partial charge on any atom is 0.410 e. The molecule has 5 N–H and O–H groups in total. The van der Waals surface area contributed by atoms with Crippen LogP contribution in [-0.4, -0.2) is 77.6 Å². The number of carbonyl (C=O) groups excluding carboxylic acids is 4. The molecule has 12 nitrogen and oxygen atoms in total. The summed E-state index contributed by atoms with van der Waals surface area (Å²) in [7, 11) is -3.85. The minimum Gasteiger partial charge on any atom is -1.00 e. The van der Waals surface area contributed by atoms with Gasteiger partial charge in [-0.3, -0.25) is 24.0 Å². The number of halogens is 2. The van der Waals surface area contributed by atoms with E-state index >= 15 is 0 Å². The Bertz CT molecular complexity index is 1510. The van der Waals surface area contributed by atoms with Gasteiger partial charge in [0.2, 0.25) is 15.9 Å². The van der Waals surface area contributed by atoms with Crippen LogP contribution in [0.5, 0.6) is 0 Å². The number of ether oxygens (including phenoxy) is 1. The van der Waals surface area contributed by atoms with E-state index in [4.69, 9.17) is 4.74 Å². The zero-order chi connectivity index (χ0) is 31.2. The third kappa shape index (κ3) is 6.82. The normalized spacial score (nSPS) is 30.8. The summed E-state index contributed by atoms with van der Waals surface area (Å²) < 4.78 is 47.4. The summed E-state index contributed by atoms with van der Waals surface area (Å²) in [6.45, 7) is 0.197. The average Bonchev–Trinajstić information content (AvgIpc) is 3.86. The monoisotopic (exact) mass is 667 g/mol. The quantitative estimate of drug-likeness (QED) is 0.308. The van der Waals surface area contributed by atoms with Gasteiger partial charge in [0.1, 0.15) is 23.5 Å². The number of nitrogens with zero attached hydrogens (tertiary/aromatic N) is 2. The number of amides is 4. The molecule has 3 fully saturated rings. The number of hydrogen-bond acceptors (Lipinski definition) is 7. The fraction of sp³-hybridized carbons (Fsp3) is 0.600. The van der Waals surface area contributed by atoms with Gasteiger partial charge in [-0.15, -0.1) is 0 Å². The number of fused-ring (bicyclic) bond motifs is 3. The number of rotatable bonds is 4. The lowest BCUT2D eigenvalue weighted by Crippen LogP contribution is -3.00. The van der Waals surface area contributed by atoms with Crippen molar-refractivity contribution in [3.63, 3.8) is 0 Å². The fourth-order valence-corrected chi connectivity index (χ4v) is 7.88. The molecule has 4 amide bonds. The Balaban J connectivity index is 0.00000400. The van der Waals surface area contributed by atoms with Crippen molar-refractivity contribution in [3.05, 3.63) is 47.3 Å². The molecule has 3 heterocycles. The Kier molecular flexibility index (Phi) is 9.48. The van der Waals surface area contributed by atoms with Crippen LogP contribution in [0.3, 0.4) is 0 Å². The zero-order valence-electron chi connectivity index (χ0n) is 24.9. The Morgan fingerprint density at radius 3 is 2.62 bits per heavy atom. The molecule has 15 heteroatoms. The van der Waals surface area contributed by atoms with Crippen LogP contribution in [0.15, 0.2) is 30.4 Å². The smallest absolute Gasteiger partial charge is 0.410 e. The first-order chi connectivity index (χ1) is 21.0. The molecule has 1 aromatic rings. The third-order valence-corrected chi connectivity index (χ3v) is 11.2. The molecule has 246 valence electrons. The van der Waals surface area contributed by atoms with Crippen LogP contribution in [0.4, 0.5) is 9.18 Å². The first-order valence-electron chi connectivity index (χ1n) is 15.4. The maximum absolute atomic E-state index is 14.2. The van der Waals surface area contributed by atoms with E-state index in [-0.39, 0.29) is 50.8 Å². The number of hydrogen-bond donors (Lipinski definition) is 3. The molecule has 5 atom stereocenters. The van der Waals surface area contributed by atoms with Gasteiger partial charge in [-0.1, -0.05) is 30.7 Å².